The monoisotopic (exact) mass is 386 g/mol. The highest BCUT2D eigenvalue weighted by atomic mass is 19.4. The highest BCUT2D eigenvalue weighted by molar-refractivity contribution is 6.58. The van der Waals surface area contributed by atoms with Crippen molar-refractivity contribution >= 4 is 12.6 Å². The Labute approximate surface area is 145 Å². The molecule has 3 N–H and O–H groups in total. The van der Waals surface area contributed by atoms with E-state index in [1.54, 1.807) is 0 Å². The molecule has 0 aliphatic carbocycles. The summed E-state index contributed by atoms with van der Waals surface area (Å²) in [7, 11) is -1.91. The molecule has 0 amide bonds. The maximum Gasteiger partial charge on any atom is 0.488 e. The van der Waals surface area contributed by atoms with Crippen molar-refractivity contribution in [1.29, 1.82) is 0 Å². The van der Waals surface area contributed by atoms with E-state index in [0.29, 0.717) is 12.1 Å². The van der Waals surface area contributed by atoms with E-state index in [1.165, 1.54) is 0 Å². The molecule has 0 bridgehead atoms. The van der Waals surface area contributed by atoms with Crippen LogP contribution in [0.4, 0.5) is 26.3 Å². The molecule has 2 aromatic rings. The van der Waals surface area contributed by atoms with Crippen LogP contribution in [0.2, 0.25) is 0 Å². The zero-order chi connectivity index (χ0) is 18.5. The number of rotatable bonds is 1. The lowest BCUT2D eigenvalue weighted by molar-refractivity contribution is -0.142. The summed E-state index contributed by atoms with van der Waals surface area (Å²) in [6, 6.07) is 3.22. The first-order valence-corrected chi connectivity index (χ1v) is 6.06. The summed E-state index contributed by atoms with van der Waals surface area (Å²) < 4.78 is 71.4. The first-order chi connectivity index (χ1) is 10.9. The Kier molecular flexibility index (Phi) is 9.93. The highest BCUT2D eigenvalue weighted by Gasteiger charge is 2.33. The van der Waals surface area contributed by atoms with Crippen LogP contribution in [0, 0.1) is 0 Å². The molecule has 146 valence electrons. The lowest BCUT2D eigenvalue weighted by Gasteiger charge is -2.06. The Bertz CT molecular complexity index is 731. The van der Waals surface area contributed by atoms with Crippen LogP contribution in [-0.2, 0) is 12.4 Å². The standard InChI is InChI=1S/C6H5BF3NO2.C6H4F3NO.2CH4/c8-6(9,10)5-3-4(7(12)13)1-2-11-5;7-6(8,9)5-3-4(11)1-2-10-5;;/h1-3,12-13H;1-3H,(H,10,11);2*1H4. The van der Waals surface area contributed by atoms with Crippen molar-refractivity contribution in [2.24, 2.45) is 0 Å². The summed E-state index contributed by atoms with van der Waals surface area (Å²) in [5, 5.41) is 17.1. The fourth-order valence-electron chi connectivity index (χ4n) is 1.37. The van der Waals surface area contributed by atoms with Crippen LogP contribution in [0.25, 0.3) is 0 Å². The fraction of sp³-hybridized carbons (Fsp3) is 0.286. The number of alkyl halides is 6. The number of pyridine rings is 2. The molecule has 0 fully saturated rings. The number of H-pyrrole nitrogens is 1. The van der Waals surface area contributed by atoms with Gasteiger partial charge in [-0.15, -0.1) is 0 Å². The quantitative estimate of drug-likeness (QED) is 0.519. The van der Waals surface area contributed by atoms with E-state index in [9.17, 15) is 31.1 Å². The third-order valence-electron chi connectivity index (χ3n) is 2.45. The maximum absolute atomic E-state index is 12.0. The normalized spacial score (nSPS) is 10.6. The molecule has 2 rings (SSSR count). The number of nitrogens with zero attached hydrogens (tertiary/aromatic N) is 1. The van der Waals surface area contributed by atoms with Crippen LogP contribution in [-0.4, -0.2) is 27.1 Å². The molecular formula is C14H17BF6N2O3. The summed E-state index contributed by atoms with van der Waals surface area (Å²) in [6.07, 6.45) is -7.20. The van der Waals surface area contributed by atoms with E-state index in [-0.39, 0.29) is 20.3 Å². The minimum absolute atomic E-state index is 0. The Morgan fingerprint density at radius 1 is 0.962 bits per heavy atom. The average molecular weight is 386 g/mol. The number of aromatic nitrogens is 2. The third kappa shape index (κ3) is 8.16. The molecule has 0 radical (unpaired) electrons. The fourth-order valence-corrected chi connectivity index (χ4v) is 1.37. The molecule has 0 aliphatic rings. The second kappa shape index (κ2) is 9.97. The minimum atomic E-state index is -4.56. The van der Waals surface area contributed by atoms with Gasteiger partial charge in [0.25, 0.3) is 0 Å². The Balaban J connectivity index is 0. The largest absolute Gasteiger partial charge is 0.488 e. The van der Waals surface area contributed by atoms with E-state index in [2.05, 4.69) is 4.98 Å². The first kappa shape index (κ1) is 25.9. The second-order valence-corrected chi connectivity index (χ2v) is 4.28. The van der Waals surface area contributed by atoms with E-state index in [1.807, 2.05) is 4.98 Å². The lowest BCUT2D eigenvalue weighted by atomic mass is 9.81. The Morgan fingerprint density at radius 3 is 1.92 bits per heavy atom. The molecule has 0 unspecified atom stereocenters. The van der Waals surface area contributed by atoms with Crippen LogP contribution in [0.1, 0.15) is 26.2 Å². The summed E-state index contributed by atoms with van der Waals surface area (Å²) in [6.45, 7) is 0. The Morgan fingerprint density at radius 2 is 1.54 bits per heavy atom. The number of aromatic amines is 1. The van der Waals surface area contributed by atoms with Crippen molar-refractivity contribution in [3.63, 3.8) is 0 Å². The van der Waals surface area contributed by atoms with Gasteiger partial charge in [-0.2, -0.15) is 26.3 Å². The van der Waals surface area contributed by atoms with E-state index >= 15 is 0 Å². The SMILES string of the molecule is C.C.O=c1cc[nH]c(C(F)(F)F)c1.OB(O)c1ccnc(C(F)(F)F)c1. The molecule has 0 saturated carbocycles. The molecule has 0 spiro atoms. The van der Waals surface area contributed by atoms with Gasteiger partial charge in [0.15, 0.2) is 5.43 Å². The molecule has 2 heterocycles. The number of hydrogen-bond acceptors (Lipinski definition) is 4. The topological polar surface area (TPSA) is 86.2 Å². The average Bonchev–Trinajstić information content (AvgIpc) is 2.46. The lowest BCUT2D eigenvalue weighted by Crippen LogP contribution is -2.31. The molecule has 0 saturated heterocycles. The van der Waals surface area contributed by atoms with E-state index in [4.69, 9.17) is 10.0 Å². The number of nitrogens with one attached hydrogen (secondary N) is 1. The summed E-state index contributed by atoms with van der Waals surface area (Å²) >= 11 is 0. The highest BCUT2D eigenvalue weighted by Crippen LogP contribution is 2.26. The van der Waals surface area contributed by atoms with Crippen LogP contribution in [0.15, 0.2) is 41.5 Å². The van der Waals surface area contributed by atoms with Crippen LogP contribution in [0.3, 0.4) is 0 Å². The van der Waals surface area contributed by atoms with Crippen LogP contribution < -0.4 is 10.9 Å². The van der Waals surface area contributed by atoms with Gasteiger partial charge in [0, 0.05) is 24.5 Å². The van der Waals surface area contributed by atoms with Gasteiger partial charge in [-0.1, -0.05) is 14.9 Å². The molecule has 0 aromatic carbocycles. The van der Waals surface area contributed by atoms with Crippen molar-refractivity contribution in [3.05, 3.63) is 58.3 Å². The molecule has 2 aromatic heterocycles. The van der Waals surface area contributed by atoms with E-state index in [0.717, 1.165) is 24.5 Å². The second-order valence-electron chi connectivity index (χ2n) is 4.28. The van der Waals surface area contributed by atoms with Gasteiger partial charge in [-0.05, 0) is 17.6 Å². The molecule has 0 aliphatic heterocycles. The van der Waals surface area contributed by atoms with Crippen molar-refractivity contribution in [3.8, 4) is 0 Å². The summed E-state index contributed by atoms with van der Waals surface area (Å²) in [5.74, 6) is 0. The molecule has 26 heavy (non-hydrogen) atoms. The summed E-state index contributed by atoms with van der Waals surface area (Å²) in [5.41, 5.74) is -3.05. The van der Waals surface area contributed by atoms with Crippen molar-refractivity contribution in [1.82, 2.24) is 9.97 Å². The van der Waals surface area contributed by atoms with Crippen LogP contribution in [0.5, 0.6) is 0 Å². The van der Waals surface area contributed by atoms with Gasteiger partial charge < -0.3 is 15.0 Å². The van der Waals surface area contributed by atoms with Gasteiger partial charge in [-0.25, -0.2) is 0 Å². The van der Waals surface area contributed by atoms with Crippen molar-refractivity contribution in [2.45, 2.75) is 27.2 Å². The van der Waals surface area contributed by atoms with Gasteiger partial charge in [0.2, 0.25) is 0 Å². The van der Waals surface area contributed by atoms with Crippen molar-refractivity contribution < 1.29 is 36.4 Å². The smallest absolute Gasteiger partial charge is 0.423 e. The summed E-state index contributed by atoms with van der Waals surface area (Å²) in [4.78, 5) is 15.4. The Hall–Kier alpha value is -2.34. The first-order valence-electron chi connectivity index (χ1n) is 6.06. The predicted octanol–water partition coefficient (Wildman–Crippen LogP) is 2.45. The zero-order valence-electron chi connectivity index (χ0n) is 11.6. The molecular weight excluding hydrogens is 369 g/mol. The molecule has 5 nitrogen and oxygen atoms in total. The zero-order valence-corrected chi connectivity index (χ0v) is 11.6. The minimum Gasteiger partial charge on any atom is -0.423 e. The van der Waals surface area contributed by atoms with Crippen molar-refractivity contribution in [2.75, 3.05) is 0 Å². The van der Waals surface area contributed by atoms with Gasteiger partial charge >= 0.3 is 19.5 Å². The number of halogens is 6. The van der Waals surface area contributed by atoms with Gasteiger partial charge in [0.1, 0.15) is 11.4 Å². The van der Waals surface area contributed by atoms with Gasteiger partial charge in [0.05, 0.1) is 0 Å². The maximum atomic E-state index is 12.0. The third-order valence-corrected chi connectivity index (χ3v) is 2.45. The molecule has 12 heteroatoms. The predicted molar refractivity (Wildman–Crippen MR) is 84.6 cm³/mol. The molecule has 0 atom stereocenters. The van der Waals surface area contributed by atoms with Crippen LogP contribution >= 0.6 is 0 Å². The van der Waals surface area contributed by atoms with Gasteiger partial charge in [-0.3, -0.25) is 9.78 Å². The van der Waals surface area contributed by atoms with E-state index < -0.39 is 36.3 Å². The number of hydrogen-bond donors (Lipinski definition) is 3.